The van der Waals surface area contributed by atoms with Gasteiger partial charge in [-0.3, -0.25) is 9.59 Å². The first-order chi connectivity index (χ1) is 13.9. The van der Waals surface area contributed by atoms with Gasteiger partial charge in [-0.25, -0.2) is 4.98 Å². The Morgan fingerprint density at radius 1 is 1.10 bits per heavy atom. The van der Waals surface area contributed by atoms with Crippen molar-refractivity contribution in [3.63, 3.8) is 0 Å². The minimum Gasteiger partial charge on any atom is -0.455 e. The second-order valence-corrected chi connectivity index (χ2v) is 7.76. The average molecular weight is 409 g/mol. The number of thiazole rings is 1. The summed E-state index contributed by atoms with van der Waals surface area (Å²) in [7, 11) is 0. The number of rotatable bonds is 7. The van der Waals surface area contributed by atoms with Crippen LogP contribution in [0.2, 0.25) is 0 Å². The van der Waals surface area contributed by atoms with E-state index in [1.165, 1.54) is 16.9 Å². The molecule has 0 bridgehead atoms. The van der Waals surface area contributed by atoms with Crippen molar-refractivity contribution >= 4 is 28.9 Å². The Hall–Kier alpha value is -2.99. The normalized spacial score (nSPS) is 10.6. The Morgan fingerprint density at radius 3 is 2.55 bits per heavy atom. The molecule has 150 valence electrons. The molecule has 1 heterocycles. The lowest BCUT2D eigenvalue weighted by molar-refractivity contribution is -0.146. The monoisotopic (exact) mass is 408 g/mol. The standard InChI is InChI=1S/C23H24N2O3S/c1-4-17-6-8-18(9-7-17)23-24-19(14-29-23)12-22(27)28-13-21(26)25-20-10-5-15(2)11-16(20)3/h5-11,14H,4,12-13H2,1-3H3,(H,25,26). The molecule has 0 atom stereocenters. The molecule has 29 heavy (non-hydrogen) atoms. The summed E-state index contributed by atoms with van der Waals surface area (Å²) in [6.45, 7) is 5.71. The number of carbonyl (C=O) groups is 2. The van der Waals surface area contributed by atoms with Crippen molar-refractivity contribution in [1.29, 1.82) is 0 Å². The lowest BCUT2D eigenvalue weighted by atomic mass is 10.1. The highest BCUT2D eigenvalue weighted by Crippen LogP contribution is 2.24. The molecule has 0 radical (unpaired) electrons. The molecule has 1 amide bonds. The highest BCUT2D eigenvalue weighted by molar-refractivity contribution is 7.13. The molecule has 0 fully saturated rings. The van der Waals surface area contributed by atoms with Gasteiger partial charge >= 0.3 is 5.97 Å². The highest BCUT2D eigenvalue weighted by Gasteiger charge is 2.13. The van der Waals surface area contributed by atoms with Gasteiger partial charge in [-0.15, -0.1) is 11.3 Å². The van der Waals surface area contributed by atoms with E-state index < -0.39 is 5.97 Å². The molecule has 1 N–H and O–H groups in total. The number of anilines is 1. The van der Waals surface area contributed by atoms with E-state index in [4.69, 9.17) is 4.74 Å². The molecule has 0 unspecified atom stereocenters. The molecular formula is C23H24N2O3S. The van der Waals surface area contributed by atoms with Crippen LogP contribution in [-0.4, -0.2) is 23.5 Å². The van der Waals surface area contributed by atoms with Crippen LogP contribution in [0.3, 0.4) is 0 Å². The van der Waals surface area contributed by atoms with E-state index in [2.05, 4.69) is 29.4 Å². The zero-order valence-electron chi connectivity index (χ0n) is 16.8. The van der Waals surface area contributed by atoms with E-state index in [0.717, 1.165) is 33.8 Å². The van der Waals surface area contributed by atoms with Gasteiger partial charge in [-0.2, -0.15) is 0 Å². The van der Waals surface area contributed by atoms with Crippen molar-refractivity contribution in [2.24, 2.45) is 0 Å². The first-order valence-electron chi connectivity index (χ1n) is 9.51. The third-order valence-corrected chi connectivity index (χ3v) is 5.45. The fourth-order valence-electron chi connectivity index (χ4n) is 2.89. The summed E-state index contributed by atoms with van der Waals surface area (Å²) in [6.07, 6.45) is 1.03. The molecule has 0 aliphatic carbocycles. The van der Waals surface area contributed by atoms with E-state index in [-0.39, 0.29) is 18.9 Å². The Balaban J connectivity index is 1.50. The number of carbonyl (C=O) groups excluding carboxylic acids is 2. The summed E-state index contributed by atoms with van der Waals surface area (Å²) in [5.74, 6) is -0.834. The molecular weight excluding hydrogens is 384 g/mol. The maximum atomic E-state index is 12.1. The van der Waals surface area contributed by atoms with Crippen LogP contribution in [0, 0.1) is 13.8 Å². The summed E-state index contributed by atoms with van der Waals surface area (Å²) in [6, 6.07) is 14.0. The molecule has 2 aromatic carbocycles. The topological polar surface area (TPSA) is 68.3 Å². The lowest BCUT2D eigenvalue weighted by Crippen LogP contribution is -2.22. The second kappa shape index (κ2) is 9.47. The summed E-state index contributed by atoms with van der Waals surface area (Å²) in [4.78, 5) is 28.6. The molecule has 3 aromatic rings. The van der Waals surface area contributed by atoms with E-state index in [0.29, 0.717) is 5.69 Å². The van der Waals surface area contributed by atoms with Crippen molar-refractivity contribution < 1.29 is 14.3 Å². The first kappa shape index (κ1) is 20.7. The number of nitrogens with zero attached hydrogens (tertiary/aromatic N) is 1. The van der Waals surface area contributed by atoms with Crippen LogP contribution in [0.25, 0.3) is 10.6 Å². The van der Waals surface area contributed by atoms with E-state index in [1.807, 2.05) is 49.6 Å². The Kier molecular flexibility index (Phi) is 6.77. The number of benzene rings is 2. The van der Waals surface area contributed by atoms with Crippen molar-refractivity contribution in [3.8, 4) is 10.6 Å². The maximum absolute atomic E-state index is 12.1. The van der Waals surface area contributed by atoms with Crippen LogP contribution in [0.5, 0.6) is 0 Å². The molecule has 0 aliphatic rings. The van der Waals surface area contributed by atoms with Crippen LogP contribution in [-0.2, 0) is 27.2 Å². The molecule has 0 aliphatic heterocycles. The summed E-state index contributed by atoms with van der Waals surface area (Å²) in [5, 5.41) is 5.47. The van der Waals surface area contributed by atoms with Gasteiger partial charge in [-0.1, -0.05) is 48.9 Å². The highest BCUT2D eigenvalue weighted by atomic mass is 32.1. The smallest absolute Gasteiger partial charge is 0.312 e. The van der Waals surface area contributed by atoms with Gasteiger partial charge < -0.3 is 10.1 Å². The average Bonchev–Trinajstić information content (AvgIpc) is 3.17. The second-order valence-electron chi connectivity index (χ2n) is 6.90. The Bertz CT molecular complexity index is 1010. The molecule has 3 rings (SSSR count). The Morgan fingerprint density at radius 2 is 1.86 bits per heavy atom. The van der Waals surface area contributed by atoms with Gasteiger partial charge in [0.15, 0.2) is 6.61 Å². The van der Waals surface area contributed by atoms with Gasteiger partial charge in [-0.05, 0) is 37.5 Å². The zero-order chi connectivity index (χ0) is 20.8. The van der Waals surface area contributed by atoms with Gasteiger partial charge in [0.05, 0.1) is 12.1 Å². The Labute approximate surface area is 174 Å². The van der Waals surface area contributed by atoms with E-state index >= 15 is 0 Å². The third-order valence-electron chi connectivity index (χ3n) is 4.51. The van der Waals surface area contributed by atoms with Crippen LogP contribution >= 0.6 is 11.3 Å². The van der Waals surface area contributed by atoms with Gasteiger partial charge in [0.25, 0.3) is 5.91 Å². The van der Waals surface area contributed by atoms with Gasteiger partial charge in [0.2, 0.25) is 0 Å². The predicted molar refractivity (Wildman–Crippen MR) is 116 cm³/mol. The number of nitrogens with one attached hydrogen (secondary N) is 1. The number of aryl methyl sites for hydroxylation is 3. The van der Waals surface area contributed by atoms with Crippen molar-refractivity contribution in [3.05, 3.63) is 70.2 Å². The lowest BCUT2D eigenvalue weighted by Gasteiger charge is -2.09. The maximum Gasteiger partial charge on any atom is 0.312 e. The minimum absolute atomic E-state index is 0.0420. The van der Waals surface area contributed by atoms with Crippen molar-refractivity contribution in [2.45, 2.75) is 33.6 Å². The van der Waals surface area contributed by atoms with Crippen LogP contribution < -0.4 is 5.32 Å². The fourth-order valence-corrected chi connectivity index (χ4v) is 3.71. The summed E-state index contributed by atoms with van der Waals surface area (Å²) < 4.78 is 5.10. The molecule has 1 aromatic heterocycles. The summed E-state index contributed by atoms with van der Waals surface area (Å²) >= 11 is 1.49. The molecule has 0 saturated carbocycles. The SMILES string of the molecule is CCc1ccc(-c2nc(CC(=O)OCC(=O)Nc3ccc(C)cc3C)cs2)cc1. The van der Waals surface area contributed by atoms with Crippen molar-refractivity contribution in [2.75, 3.05) is 11.9 Å². The predicted octanol–water partition coefficient (Wildman–Crippen LogP) is 4.71. The largest absolute Gasteiger partial charge is 0.455 e. The fraction of sp³-hybridized carbons (Fsp3) is 0.261. The number of ether oxygens (including phenoxy) is 1. The molecule has 6 heteroatoms. The van der Waals surface area contributed by atoms with E-state index in [9.17, 15) is 9.59 Å². The molecule has 0 spiro atoms. The van der Waals surface area contributed by atoms with Crippen LogP contribution in [0.4, 0.5) is 5.69 Å². The minimum atomic E-state index is -0.473. The number of amides is 1. The quantitative estimate of drug-likeness (QED) is 0.575. The first-order valence-corrected chi connectivity index (χ1v) is 10.4. The van der Waals surface area contributed by atoms with Gasteiger partial charge in [0, 0.05) is 16.6 Å². The number of aromatic nitrogens is 1. The van der Waals surface area contributed by atoms with Crippen LogP contribution in [0.15, 0.2) is 47.8 Å². The van der Waals surface area contributed by atoms with Crippen LogP contribution in [0.1, 0.15) is 29.3 Å². The molecule has 5 nitrogen and oxygen atoms in total. The number of hydrogen-bond donors (Lipinski definition) is 1. The summed E-state index contributed by atoms with van der Waals surface area (Å²) in [5.41, 5.74) is 5.75. The number of esters is 1. The van der Waals surface area contributed by atoms with E-state index in [1.54, 1.807) is 0 Å². The van der Waals surface area contributed by atoms with Crippen molar-refractivity contribution in [1.82, 2.24) is 4.98 Å². The van der Waals surface area contributed by atoms with Gasteiger partial charge in [0.1, 0.15) is 5.01 Å². The zero-order valence-corrected chi connectivity index (χ0v) is 17.6. The number of hydrogen-bond acceptors (Lipinski definition) is 5. The molecule has 0 saturated heterocycles. The third kappa shape index (κ3) is 5.74.